The van der Waals surface area contributed by atoms with E-state index in [9.17, 15) is 4.79 Å². The van der Waals surface area contributed by atoms with E-state index in [1.54, 1.807) is 14.0 Å². The number of methoxy groups -OCH3 is 1. The van der Waals surface area contributed by atoms with Crippen LogP contribution in [0.2, 0.25) is 0 Å². The highest BCUT2D eigenvalue weighted by atomic mass is 16.5. The molecule has 14 heavy (non-hydrogen) atoms. The quantitative estimate of drug-likeness (QED) is 0.794. The van der Waals surface area contributed by atoms with Gasteiger partial charge >= 0.3 is 0 Å². The molecule has 1 aromatic rings. The van der Waals surface area contributed by atoms with Crippen LogP contribution in [0.4, 0.5) is 5.69 Å². The largest absolute Gasteiger partial charge is 0.495 e. The van der Waals surface area contributed by atoms with E-state index >= 15 is 0 Å². The summed E-state index contributed by atoms with van der Waals surface area (Å²) in [6.07, 6.45) is 0. The number of anilines is 1. The summed E-state index contributed by atoms with van der Waals surface area (Å²) in [5.41, 5.74) is 2.00. The Labute approximate surface area is 84.1 Å². The highest BCUT2D eigenvalue weighted by Crippen LogP contribution is 2.24. The second-order valence-electron chi connectivity index (χ2n) is 3.26. The zero-order valence-corrected chi connectivity index (χ0v) is 8.76. The van der Waals surface area contributed by atoms with Crippen molar-refractivity contribution in [3.63, 3.8) is 0 Å². The first-order valence-corrected chi connectivity index (χ1v) is 4.51. The van der Waals surface area contributed by atoms with E-state index < -0.39 is 0 Å². The molecule has 3 nitrogen and oxygen atoms in total. The van der Waals surface area contributed by atoms with E-state index in [0.29, 0.717) is 6.54 Å². The van der Waals surface area contributed by atoms with E-state index in [4.69, 9.17) is 4.74 Å². The molecule has 1 N–H and O–H groups in total. The van der Waals surface area contributed by atoms with Crippen LogP contribution >= 0.6 is 0 Å². The molecule has 0 aliphatic rings. The zero-order chi connectivity index (χ0) is 10.6. The molecule has 1 aromatic carbocycles. The van der Waals surface area contributed by atoms with Gasteiger partial charge in [-0.15, -0.1) is 0 Å². The molecule has 0 aliphatic carbocycles. The first-order chi connectivity index (χ1) is 6.63. The van der Waals surface area contributed by atoms with E-state index in [1.807, 2.05) is 25.1 Å². The van der Waals surface area contributed by atoms with Gasteiger partial charge in [0.2, 0.25) is 0 Å². The van der Waals surface area contributed by atoms with Gasteiger partial charge in [0.25, 0.3) is 0 Å². The molecule has 0 saturated carbocycles. The molecule has 0 aliphatic heterocycles. The SMILES string of the molecule is COc1ccc(C)cc1NCC(C)=O. The third-order valence-corrected chi connectivity index (χ3v) is 1.88. The number of rotatable bonds is 4. The van der Waals surface area contributed by atoms with Crippen molar-refractivity contribution in [3.05, 3.63) is 23.8 Å². The monoisotopic (exact) mass is 193 g/mol. The minimum Gasteiger partial charge on any atom is -0.495 e. The van der Waals surface area contributed by atoms with Gasteiger partial charge in [0.1, 0.15) is 11.5 Å². The van der Waals surface area contributed by atoms with Gasteiger partial charge in [0, 0.05) is 0 Å². The van der Waals surface area contributed by atoms with E-state index in [-0.39, 0.29) is 5.78 Å². The average Bonchev–Trinajstić information content (AvgIpc) is 2.15. The summed E-state index contributed by atoms with van der Waals surface area (Å²) in [6, 6.07) is 5.82. The molecular formula is C11H15NO2. The average molecular weight is 193 g/mol. The molecule has 0 radical (unpaired) electrons. The normalized spacial score (nSPS) is 9.64. The Kier molecular flexibility index (Phi) is 3.51. The second-order valence-corrected chi connectivity index (χ2v) is 3.26. The van der Waals surface area contributed by atoms with Gasteiger partial charge in [-0.05, 0) is 31.5 Å². The molecule has 3 heteroatoms. The fraction of sp³-hybridized carbons (Fsp3) is 0.364. The maximum atomic E-state index is 10.8. The third-order valence-electron chi connectivity index (χ3n) is 1.88. The van der Waals surface area contributed by atoms with Crippen LogP contribution in [-0.4, -0.2) is 19.4 Å². The number of benzene rings is 1. The second kappa shape index (κ2) is 4.65. The van der Waals surface area contributed by atoms with Crippen LogP contribution in [0.3, 0.4) is 0 Å². The fourth-order valence-electron chi connectivity index (χ4n) is 1.18. The maximum Gasteiger partial charge on any atom is 0.148 e. The summed E-state index contributed by atoms with van der Waals surface area (Å²) >= 11 is 0. The Morgan fingerprint density at radius 3 is 2.79 bits per heavy atom. The molecular weight excluding hydrogens is 178 g/mol. The topological polar surface area (TPSA) is 38.3 Å². The van der Waals surface area contributed by atoms with Gasteiger partial charge in [-0.3, -0.25) is 4.79 Å². The minimum absolute atomic E-state index is 0.105. The Hall–Kier alpha value is -1.51. The van der Waals surface area contributed by atoms with Crippen LogP contribution in [0.1, 0.15) is 12.5 Å². The Morgan fingerprint density at radius 2 is 2.21 bits per heavy atom. The van der Waals surface area contributed by atoms with E-state index in [1.165, 1.54) is 0 Å². The molecule has 0 atom stereocenters. The lowest BCUT2D eigenvalue weighted by atomic mass is 10.2. The van der Waals surface area contributed by atoms with Gasteiger partial charge in [0.05, 0.1) is 19.3 Å². The number of ketones is 1. The predicted octanol–water partition coefficient (Wildman–Crippen LogP) is 2.00. The molecule has 0 saturated heterocycles. The molecule has 0 unspecified atom stereocenters. The van der Waals surface area contributed by atoms with Gasteiger partial charge in [-0.1, -0.05) is 6.07 Å². The van der Waals surface area contributed by atoms with E-state index in [0.717, 1.165) is 17.0 Å². The lowest BCUT2D eigenvalue weighted by molar-refractivity contribution is -0.115. The summed E-state index contributed by atoms with van der Waals surface area (Å²) < 4.78 is 5.16. The predicted molar refractivity (Wildman–Crippen MR) is 56.9 cm³/mol. The van der Waals surface area contributed by atoms with Gasteiger partial charge in [-0.25, -0.2) is 0 Å². The van der Waals surface area contributed by atoms with Crippen molar-refractivity contribution in [2.24, 2.45) is 0 Å². The van der Waals surface area contributed by atoms with Crippen LogP contribution in [0, 0.1) is 6.92 Å². The Morgan fingerprint density at radius 1 is 1.50 bits per heavy atom. The summed E-state index contributed by atoms with van der Waals surface area (Å²) in [7, 11) is 1.61. The molecule has 0 spiro atoms. The smallest absolute Gasteiger partial charge is 0.148 e. The minimum atomic E-state index is 0.105. The highest BCUT2D eigenvalue weighted by Gasteiger charge is 2.02. The molecule has 76 valence electrons. The van der Waals surface area contributed by atoms with Gasteiger partial charge in [-0.2, -0.15) is 0 Å². The number of nitrogens with one attached hydrogen (secondary N) is 1. The molecule has 0 fully saturated rings. The number of ether oxygens (including phenoxy) is 1. The molecule has 0 bridgehead atoms. The molecule has 1 rings (SSSR count). The Bertz CT molecular complexity index is 334. The van der Waals surface area contributed by atoms with Crippen molar-refractivity contribution in [1.82, 2.24) is 0 Å². The molecule has 0 heterocycles. The van der Waals surface area contributed by atoms with Crippen LogP contribution in [-0.2, 0) is 4.79 Å². The first-order valence-electron chi connectivity index (χ1n) is 4.51. The van der Waals surface area contributed by atoms with Crippen molar-refractivity contribution >= 4 is 11.5 Å². The molecule has 0 amide bonds. The van der Waals surface area contributed by atoms with Crippen molar-refractivity contribution in [3.8, 4) is 5.75 Å². The maximum absolute atomic E-state index is 10.8. The van der Waals surface area contributed by atoms with Crippen LogP contribution < -0.4 is 10.1 Å². The van der Waals surface area contributed by atoms with Crippen molar-refractivity contribution in [2.45, 2.75) is 13.8 Å². The summed E-state index contributed by atoms with van der Waals surface area (Å²) in [5, 5.41) is 3.03. The summed E-state index contributed by atoms with van der Waals surface area (Å²) in [4.78, 5) is 10.8. The van der Waals surface area contributed by atoms with Crippen LogP contribution in [0.25, 0.3) is 0 Å². The number of aryl methyl sites for hydroxylation is 1. The fourth-order valence-corrected chi connectivity index (χ4v) is 1.18. The summed E-state index contributed by atoms with van der Waals surface area (Å²) in [6.45, 7) is 3.88. The summed E-state index contributed by atoms with van der Waals surface area (Å²) in [5.74, 6) is 0.866. The van der Waals surface area contributed by atoms with Crippen molar-refractivity contribution in [2.75, 3.05) is 19.0 Å². The zero-order valence-electron chi connectivity index (χ0n) is 8.76. The standard InChI is InChI=1S/C11H15NO2/c1-8-4-5-11(14-3)10(6-8)12-7-9(2)13/h4-6,12H,7H2,1-3H3. The lowest BCUT2D eigenvalue weighted by Gasteiger charge is -2.10. The highest BCUT2D eigenvalue weighted by molar-refractivity contribution is 5.81. The lowest BCUT2D eigenvalue weighted by Crippen LogP contribution is -2.10. The number of hydrogen-bond acceptors (Lipinski definition) is 3. The Balaban J connectivity index is 2.82. The van der Waals surface area contributed by atoms with Crippen LogP contribution in [0.5, 0.6) is 5.75 Å². The van der Waals surface area contributed by atoms with Crippen molar-refractivity contribution < 1.29 is 9.53 Å². The van der Waals surface area contributed by atoms with Gasteiger partial charge in [0.15, 0.2) is 0 Å². The van der Waals surface area contributed by atoms with Gasteiger partial charge < -0.3 is 10.1 Å². The third kappa shape index (κ3) is 2.76. The molecule has 0 aromatic heterocycles. The number of hydrogen-bond donors (Lipinski definition) is 1. The number of carbonyl (C=O) groups excluding carboxylic acids is 1. The first kappa shape index (κ1) is 10.6. The number of carbonyl (C=O) groups is 1. The van der Waals surface area contributed by atoms with E-state index in [2.05, 4.69) is 5.32 Å². The number of Topliss-reactive ketones (excluding diaryl/α,β-unsaturated/α-hetero) is 1. The van der Waals surface area contributed by atoms with Crippen molar-refractivity contribution in [1.29, 1.82) is 0 Å². The van der Waals surface area contributed by atoms with Crippen LogP contribution in [0.15, 0.2) is 18.2 Å².